The number of methoxy groups -OCH3 is 1. The van der Waals surface area contributed by atoms with Gasteiger partial charge in [-0.2, -0.15) is 0 Å². The van der Waals surface area contributed by atoms with Crippen LogP contribution < -0.4 is 0 Å². The van der Waals surface area contributed by atoms with E-state index in [2.05, 4.69) is 49.4 Å². The summed E-state index contributed by atoms with van der Waals surface area (Å²) in [5.74, 6) is 0.445. The lowest BCUT2D eigenvalue weighted by Crippen LogP contribution is -2.02. The van der Waals surface area contributed by atoms with Gasteiger partial charge in [0.05, 0.1) is 6.61 Å². The zero-order valence-corrected chi connectivity index (χ0v) is 9.23. The van der Waals surface area contributed by atoms with Crippen molar-refractivity contribution >= 4 is 10.8 Å². The summed E-state index contributed by atoms with van der Waals surface area (Å²) in [4.78, 5) is 0. The Labute approximate surface area is 90.7 Å². The summed E-state index contributed by atoms with van der Waals surface area (Å²) in [7, 11) is 1.75. The molecule has 2 rings (SSSR count). The second kappa shape index (κ2) is 4.45. The molecule has 0 saturated carbocycles. The standard InChI is InChI=1S/C14H16O/c1-11(10-15-2)13-9-5-7-12-6-3-4-8-14(12)13/h3-9,11H,10H2,1-2H3. The molecule has 0 amide bonds. The van der Waals surface area contributed by atoms with Crippen molar-refractivity contribution in [2.24, 2.45) is 0 Å². The van der Waals surface area contributed by atoms with E-state index >= 15 is 0 Å². The van der Waals surface area contributed by atoms with E-state index < -0.39 is 0 Å². The predicted octanol–water partition coefficient (Wildman–Crippen LogP) is 3.59. The Morgan fingerprint density at radius 1 is 1.07 bits per heavy atom. The first kappa shape index (κ1) is 10.2. The Kier molecular flexibility index (Phi) is 3.02. The monoisotopic (exact) mass is 200 g/mol. The first-order chi connectivity index (χ1) is 7.33. The molecule has 0 aromatic heterocycles. The Bertz CT molecular complexity index is 443. The van der Waals surface area contributed by atoms with Gasteiger partial charge in [-0.1, -0.05) is 49.4 Å². The van der Waals surface area contributed by atoms with Gasteiger partial charge in [0, 0.05) is 13.0 Å². The molecular formula is C14H16O. The van der Waals surface area contributed by atoms with Gasteiger partial charge in [-0.3, -0.25) is 0 Å². The number of fused-ring (bicyclic) bond motifs is 1. The summed E-state index contributed by atoms with van der Waals surface area (Å²) in [6, 6.07) is 14.9. The molecule has 0 radical (unpaired) electrons. The van der Waals surface area contributed by atoms with Crippen LogP contribution in [0.4, 0.5) is 0 Å². The van der Waals surface area contributed by atoms with Crippen LogP contribution in [0.25, 0.3) is 10.8 Å². The summed E-state index contributed by atoms with van der Waals surface area (Å²) in [5, 5.41) is 2.64. The van der Waals surface area contributed by atoms with E-state index in [-0.39, 0.29) is 0 Å². The van der Waals surface area contributed by atoms with Crippen molar-refractivity contribution in [1.82, 2.24) is 0 Å². The Morgan fingerprint density at radius 3 is 2.60 bits per heavy atom. The summed E-state index contributed by atoms with van der Waals surface area (Å²) in [6.45, 7) is 2.97. The topological polar surface area (TPSA) is 9.23 Å². The van der Waals surface area contributed by atoms with E-state index in [0.29, 0.717) is 5.92 Å². The second-order valence-electron chi connectivity index (χ2n) is 3.92. The van der Waals surface area contributed by atoms with Crippen molar-refractivity contribution in [2.75, 3.05) is 13.7 Å². The van der Waals surface area contributed by atoms with Crippen molar-refractivity contribution < 1.29 is 4.74 Å². The zero-order chi connectivity index (χ0) is 10.7. The fourth-order valence-electron chi connectivity index (χ4n) is 2.02. The van der Waals surface area contributed by atoms with Gasteiger partial charge in [-0.15, -0.1) is 0 Å². The summed E-state index contributed by atoms with van der Waals surface area (Å²) in [6.07, 6.45) is 0. The van der Waals surface area contributed by atoms with Crippen LogP contribution >= 0.6 is 0 Å². The normalized spacial score (nSPS) is 12.9. The molecule has 0 aliphatic carbocycles. The largest absolute Gasteiger partial charge is 0.384 e. The predicted molar refractivity (Wildman–Crippen MR) is 64.2 cm³/mol. The molecule has 78 valence electrons. The molecule has 15 heavy (non-hydrogen) atoms. The molecule has 2 aromatic rings. The van der Waals surface area contributed by atoms with E-state index in [4.69, 9.17) is 4.74 Å². The van der Waals surface area contributed by atoms with Crippen molar-refractivity contribution in [1.29, 1.82) is 0 Å². The lowest BCUT2D eigenvalue weighted by molar-refractivity contribution is 0.184. The van der Waals surface area contributed by atoms with E-state index in [1.165, 1.54) is 16.3 Å². The van der Waals surface area contributed by atoms with Crippen molar-refractivity contribution in [3.05, 3.63) is 48.0 Å². The fourth-order valence-corrected chi connectivity index (χ4v) is 2.02. The van der Waals surface area contributed by atoms with Gasteiger partial charge in [0.1, 0.15) is 0 Å². The van der Waals surface area contributed by atoms with Crippen molar-refractivity contribution in [3.8, 4) is 0 Å². The third-order valence-electron chi connectivity index (χ3n) is 2.77. The summed E-state index contributed by atoms with van der Waals surface area (Å²) < 4.78 is 5.21. The summed E-state index contributed by atoms with van der Waals surface area (Å²) in [5.41, 5.74) is 1.37. The van der Waals surface area contributed by atoms with Crippen LogP contribution in [-0.2, 0) is 4.74 Å². The maximum atomic E-state index is 5.21. The van der Waals surface area contributed by atoms with Crippen molar-refractivity contribution in [2.45, 2.75) is 12.8 Å². The third kappa shape index (κ3) is 2.02. The molecule has 0 N–H and O–H groups in total. The van der Waals surface area contributed by atoms with Crippen LogP contribution in [0.3, 0.4) is 0 Å². The molecule has 0 aliphatic heterocycles. The molecule has 1 heteroatoms. The average molecular weight is 200 g/mol. The number of rotatable bonds is 3. The number of hydrogen-bond acceptors (Lipinski definition) is 1. The first-order valence-corrected chi connectivity index (χ1v) is 5.29. The highest BCUT2D eigenvalue weighted by molar-refractivity contribution is 5.86. The number of ether oxygens (including phenoxy) is 1. The smallest absolute Gasteiger partial charge is 0.0528 e. The van der Waals surface area contributed by atoms with Gasteiger partial charge in [0.25, 0.3) is 0 Å². The first-order valence-electron chi connectivity index (χ1n) is 5.29. The molecular weight excluding hydrogens is 184 g/mol. The van der Waals surface area contributed by atoms with Gasteiger partial charge >= 0.3 is 0 Å². The SMILES string of the molecule is COCC(C)c1cccc2ccccc12. The van der Waals surface area contributed by atoms with Gasteiger partial charge < -0.3 is 4.74 Å². The highest BCUT2D eigenvalue weighted by atomic mass is 16.5. The maximum Gasteiger partial charge on any atom is 0.0528 e. The van der Waals surface area contributed by atoms with E-state index in [1.54, 1.807) is 7.11 Å². The van der Waals surface area contributed by atoms with Crippen LogP contribution in [-0.4, -0.2) is 13.7 Å². The van der Waals surface area contributed by atoms with Gasteiger partial charge in [-0.05, 0) is 16.3 Å². The molecule has 1 atom stereocenters. The molecule has 0 heterocycles. The van der Waals surface area contributed by atoms with Crippen LogP contribution in [0.15, 0.2) is 42.5 Å². The van der Waals surface area contributed by atoms with Gasteiger partial charge in [0.2, 0.25) is 0 Å². The van der Waals surface area contributed by atoms with E-state index in [9.17, 15) is 0 Å². The van der Waals surface area contributed by atoms with E-state index in [1.807, 2.05) is 0 Å². The quantitative estimate of drug-likeness (QED) is 0.735. The average Bonchev–Trinajstić information content (AvgIpc) is 2.28. The highest BCUT2D eigenvalue weighted by Crippen LogP contribution is 2.25. The maximum absolute atomic E-state index is 5.21. The Morgan fingerprint density at radius 2 is 1.80 bits per heavy atom. The molecule has 0 saturated heterocycles. The van der Waals surface area contributed by atoms with Crippen molar-refractivity contribution in [3.63, 3.8) is 0 Å². The zero-order valence-electron chi connectivity index (χ0n) is 9.23. The number of benzene rings is 2. The molecule has 0 aliphatic rings. The molecule has 2 aromatic carbocycles. The fraction of sp³-hybridized carbons (Fsp3) is 0.286. The minimum atomic E-state index is 0.445. The molecule has 0 fully saturated rings. The lowest BCUT2D eigenvalue weighted by atomic mass is 9.95. The highest BCUT2D eigenvalue weighted by Gasteiger charge is 2.07. The minimum Gasteiger partial charge on any atom is -0.384 e. The summed E-state index contributed by atoms with van der Waals surface area (Å²) >= 11 is 0. The number of hydrogen-bond donors (Lipinski definition) is 0. The van der Waals surface area contributed by atoms with Crippen LogP contribution in [0, 0.1) is 0 Å². The van der Waals surface area contributed by atoms with Gasteiger partial charge in [0.15, 0.2) is 0 Å². The Hall–Kier alpha value is -1.34. The second-order valence-corrected chi connectivity index (χ2v) is 3.92. The molecule has 0 spiro atoms. The third-order valence-corrected chi connectivity index (χ3v) is 2.77. The minimum absolute atomic E-state index is 0.445. The molecule has 1 unspecified atom stereocenters. The van der Waals surface area contributed by atoms with Crippen LogP contribution in [0.5, 0.6) is 0 Å². The Balaban J connectivity index is 2.50. The van der Waals surface area contributed by atoms with E-state index in [0.717, 1.165) is 6.61 Å². The lowest BCUT2D eigenvalue weighted by Gasteiger charge is -2.13. The van der Waals surface area contributed by atoms with Crippen LogP contribution in [0.2, 0.25) is 0 Å². The van der Waals surface area contributed by atoms with Gasteiger partial charge in [-0.25, -0.2) is 0 Å². The van der Waals surface area contributed by atoms with Crippen LogP contribution in [0.1, 0.15) is 18.4 Å². The molecule has 1 nitrogen and oxygen atoms in total. The molecule has 0 bridgehead atoms.